The second kappa shape index (κ2) is 6.73. The third-order valence-electron chi connectivity index (χ3n) is 3.35. The predicted molar refractivity (Wildman–Crippen MR) is 81.0 cm³/mol. The summed E-state index contributed by atoms with van der Waals surface area (Å²) in [7, 11) is 0. The maximum absolute atomic E-state index is 12.2. The molecule has 2 aromatic rings. The third kappa shape index (κ3) is 3.43. The lowest BCUT2D eigenvalue weighted by Gasteiger charge is -2.17. The highest BCUT2D eigenvalue weighted by molar-refractivity contribution is 6.31. The SMILES string of the molecule is CCN(CC)CCNc1n[n+]([O-])c2ccc(Cl)cc2[n+]1[O-]. The highest BCUT2D eigenvalue weighted by Crippen LogP contribution is 2.14. The molecule has 0 radical (unpaired) electrons. The van der Waals surface area contributed by atoms with Crippen LogP contribution in [0.25, 0.3) is 11.0 Å². The molecule has 0 saturated heterocycles. The molecule has 1 aromatic carbocycles. The minimum Gasteiger partial charge on any atom is -0.739 e. The summed E-state index contributed by atoms with van der Waals surface area (Å²) < 4.78 is 0.595. The molecule has 0 fully saturated rings. The van der Waals surface area contributed by atoms with Gasteiger partial charge in [0.2, 0.25) is 5.10 Å². The van der Waals surface area contributed by atoms with Gasteiger partial charge in [-0.1, -0.05) is 25.4 Å². The minimum atomic E-state index is -0.0214. The zero-order chi connectivity index (χ0) is 15.4. The molecular weight excluding hydrogens is 294 g/mol. The van der Waals surface area contributed by atoms with Gasteiger partial charge in [-0.2, -0.15) is 0 Å². The summed E-state index contributed by atoms with van der Waals surface area (Å²) in [5, 5.41) is 31.1. The molecule has 0 atom stereocenters. The standard InChI is InChI=1S/C13H18ClN5O2/c1-3-17(4-2)8-7-15-13-16-19(21)11-6-5-10(14)9-12(11)18(13)20/h5-6,9H,3-4,7-8H2,1-2H3,(H,15,16). The Morgan fingerprint density at radius 1 is 1.24 bits per heavy atom. The van der Waals surface area contributed by atoms with Crippen LogP contribution in [0.4, 0.5) is 5.95 Å². The molecule has 0 aliphatic heterocycles. The summed E-state index contributed by atoms with van der Waals surface area (Å²) >= 11 is 5.87. The fraction of sp³-hybridized carbons (Fsp3) is 0.462. The maximum atomic E-state index is 12.2. The number of halogens is 1. The number of aromatic nitrogens is 3. The van der Waals surface area contributed by atoms with Crippen molar-refractivity contribution in [1.82, 2.24) is 10.00 Å². The second-order valence-electron chi connectivity index (χ2n) is 4.58. The number of anilines is 1. The van der Waals surface area contributed by atoms with Crippen molar-refractivity contribution in [2.75, 3.05) is 31.5 Å². The van der Waals surface area contributed by atoms with Gasteiger partial charge in [-0.15, -0.1) is 0 Å². The molecule has 114 valence electrons. The minimum absolute atomic E-state index is 0.0214. The van der Waals surface area contributed by atoms with Gasteiger partial charge in [0, 0.05) is 28.5 Å². The van der Waals surface area contributed by atoms with Crippen LogP contribution in [0.15, 0.2) is 18.2 Å². The Morgan fingerprint density at radius 2 is 1.95 bits per heavy atom. The zero-order valence-corrected chi connectivity index (χ0v) is 12.8. The fourth-order valence-corrected chi connectivity index (χ4v) is 2.25. The smallest absolute Gasteiger partial charge is 0.461 e. The molecule has 7 nitrogen and oxygen atoms in total. The summed E-state index contributed by atoms with van der Waals surface area (Å²) in [6.45, 7) is 7.29. The van der Waals surface area contributed by atoms with Gasteiger partial charge in [0.1, 0.15) is 0 Å². The number of rotatable bonds is 6. The van der Waals surface area contributed by atoms with Crippen LogP contribution in [0.5, 0.6) is 0 Å². The Hall–Kier alpha value is -1.86. The second-order valence-corrected chi connectivity index (χ2v) is 5.01. The van der Waals surface area contributed by atoms with Crippen molar-refractivity contribution < 1.29 is 9.58 Å². The van der Waals surface area contributed by atoms with Crippen LogP contribution in [0.3, 0.4) is 0 Å². The Labute approximate surface area is 127 Å². The van der Waals surface area contributed by atoms with Crippen LogP contribution >= 0.6 is 11.6 Å². The van der Waals surface area contributed by atoms with E-state index >= 15 is 0 Å². The van der Waals surface area contributed by atoms with E-state index in [1.807, 2.05) is 0 Å². The van der Waals surface area contributed by atoms with Crippen molar-refractivity contribution in [3.8, 4) is 0 Å². The monoisotopic (exact) mass is 311 g/mol. The summed E-state index contributed by atoms with van der Waals surface area (Å²) in [5.41, 5.74) is 0.376. The molecule has 21 heavy (non-hydrogen) atoms. The van der Waals surface area contributed by atoms with Gasteiger partial charge in [-0.3, -0.25) is 5.32 Å². The summed E-state index contributed by atoms with van der Waals surface area (Å²) in [4.78, 5) is 2.63. The van der Waals surface area contributed by atoms with E-state index in [2.05, 4.69) is 29.2 Å². The van der Waals surface area contributed by atoms with Crippen LogP contribution in [-0.4, -0.2) is 36.2 Å². The van der Waals surface area contributed by atoms with Gasteiger partial charge in [0.15, 0.2) is 5.52 Å². The zero-order valence-electron chi connectivity index (χ0n) is 12.0. The van der Waals surface area contributed by atoms with Crippen molar-refractivity contribution in [3.05, 3.63) is 33.6 Å². The van der Waals surface area contributed by atoms with E-state index in [0.29, 0.717) is 21.1 Å². The van der Waals surface area contributed by atoms with Crippen LogP contribution < -0.4 is 14.9 Å². The molecule has 0 aliphatic carbocycles. The fourth-order valence-electron chi connectivity index (χ4n) is 2.09. The number of nitrogens with zero attached hydrogens (tertiary/aromatic N) is 4. The number of nitrogens with one attached hydrogen (secondary N) is 1. The van der Waals surface area contributed by atoms with E-state index in [0.717, 1.165) is 19.6 Å². The molecule has 8 heteroatoms. The largest absolute Gasteiger partial charge is 0.739 e. The maximum Gasteiger partial charge on any atom is 0.461 e. The van der Waals surface area contributed by atoms with Gasteiger partial charge in [0.25, 0.3) is 5.52 Å². The van der Waals surface area contributed by atoms with Gasteiger partial charge in [-0.05, 0) is 19.2 Å². The Balaban J connectivity index is 2.22. The predicted octanol–water partition coefficient (Wildman–Crippen LogP) is 0.909. The molecule has 2 rings (SSSR count). The first-order chi connectivity index (χ1) is 10.1. The Bertz CT molecular complexity index is 633. The van der Waals surface area contributed by atoms with Crippen molar-refractivity contribution in [2.45, 2.75) is 13.8 Å². The normalized spacial score (nSPS) is 11.2. The first-order valence-corrected chi connectivity index (χ1v) is 7.23. The first-order valence-electron chi connectivity index (χ1n) is 6.85. The van der Waals surface area contributed by atoms with Crippen LogP contribution in [0.1, 0.15) is 13.8 Å². The molecule has 0 spiro atoms. The molecule has 0 bridgehead atoms. The van der Waals surface area contributed by atoms with Gasteiger partial charge in [-0.25, -0.2) is 4.73 Å². The van der Waals surface area contributed by atoms with E-state index in [9.17, 15) is 10.4 Å². The van der Waals surface area contributed by atoms with Crippen LogP contribution in [0, 0.1) is 10.4 Å². The Morgan fingerprint density at radius 3 is 2.62 bits per heavy atom. The summed E-state index contributed by atoms with van der Waals surface area (Å²) in [6, 6.07) is 4.48. The van der Waals surface area contributed by atoms with Crippen molar-refractivity contribution in [3.63, 3.8) is 0 Å². The molecule has 1 aromatic heterocycles. The summed E-state index contributed by atoms with van der Waals surface area (Å²) in [6.07, 6.45) is 0. The highest BCUT2D eigenvalue weighted by Gasteiger charge is 2.20. The molecule has 1 N–H and O–H groups in total. The molecular formula is C13H18ClN5O2. The topological polar surface area (TPSA) is 82.0 Å². The lowest BCUT2D eigenvalue weighted by molar-refractivity contribution is -0.672. The van der Waals surface area contributed by atoms with Crippen LogP contribution in [-0.2, 0) is 0 Å². The van der Waals surface area contributed by atoms with E-state index in [1.54, 1.807) is 6.07 Å². The van der Waals surface area contributed by atoms with Crippen LogP contribution in [0.2, 0.25) is 5.02 Å². The van der Waals surface area contributed by atoms with Gasteiger partial charge < -0.3 is 15.3 Å². The first kappa shape index (κ1) is 15.5. The van der Waals surface area contributed by atoms with E-state index in [4.69, 9.17) is 11.6 Å². The molecule has 0 saturated carbocycles. The number of hydrogen-bond acceptors (Lipinski definition) is 5. The van der Waals surface area contributed by atoms with E-state index < -0.39 is 0 Å². The lowest BCUT2D eigenvalue weighted by atomic mass is 10.3. The summed E-state index contributed by atoms with van der Waals surface area (Å²) in [5.74, 6) is -0.0214. The average molecular weight is 312 g/mol. The third-order valence-corrected chi connectivity index (χ3v) is 3.58. The number of hydrogen-bond donors (Lipinski definition) is 1. The van der Waals surface area contributed by atoms with E-state index in [-0.39, 0.29) is 17.0 Å². The number of likely N-dealkylation sites (N-methyl/N-ethyl adjacent to an activating group) is 1. The van der Waals surface area contributed by atoms with Crippen molar-refractivity contribution in [1.29, 1.82) is 0 Å². The van der Waals surface area contributed by atoms with E-state index in [1.165, 1.54) is 12.1 Å². The Kier molecular flexibility index (Phi) is 4.98. The highest BCUT2D eigenvalue weighted by atomic mass is 35.5. The van der Waals surface area contributed by atoms with Gasteiger partial charge in [0.05, 0.1) is 6.54 Å². The molecule has 1 heterocycles. The van der Waals surface area contributed by atoms with Gasteiger partial charge >= 0.3 is 5.95 Å². The molecule has 0 unspecified atom stereocenters. The number of fused-ring (bicyclic) bond motifs is 1. The van der Waals surface area contributed by atoms with Crippen molar-refractivity contribution in [2.24, 2.45) is 0 Å². The van der Waals surface area contributed by atoms with Crippen molar-refractivity contribution >= 4 is 28.6 Å². The lowest BCUT2D eigenvalue weighted by Crippen LogP contribution is -2.45. The number of benzene rings is 1. The quantitative estimate of drug-likeness (QED) is 0.633. The average Bonchev–Trinajstić information content (AvgIpc) is 2.48. The molecule has 0 aliphatic rings. The molecule has 0 amide bonds.